The van der Waals surface area contributed by atoms with Crippen molar-refractivity contribution in [1.29, 1.82) is 0 Å². The van der Waals surface area contributed by atoms with E-state index in [0.717, 1.165) is 11.2 Å². The SMILES string of the molecule is BrC1=NC[N]C1. The Morgan fingerprint density at radius 2 is 2.50 bits per heavy atom. The van der Waals surface area contributed by atoms with Crippen molar-refractivity contribution < 1.29 is 0 Å². The van der Waals surface area contributed by atoms with Crippen molar-refractivity contribution in [2.24, 2.45) is 4.99 Å². The van der Waals surface area contributed by atoms with Gasteiger partial charge < -0.3 is 0 Å². The van der Waals surface area contributed by atoms with E-state index in [1.165, 1.54) is 0 Å². The van der Waals surface area contributed by atoms with Crippen LogP contribution in [0.5, 0.6) is 0 Å². The predicted octanol–water partition coefficient (Wildman–Crippen LogP) is 0.355. The topological polar surface area (TPSA) is 26.5 Å². The van der Waals surface area contributed by atoms with Crippen molar-refractivity contribution in [3.63, 3.8) is 0 Å². The maximum absolute atomic E-state index is 3.91. The summed E-state index contributed by atoms with van der Waals surface area (Å²) in [6.45, 7) is 1.43. The van der Waals surface area contributed by atoms with E-state index in [1.54, 1.807) is 0 Å². The number of hydrogen-bond acceptors (Lipinski definition) is 1. The van der Waals surface area contributed by atoms with E-state index in [0.29, 0.717) is 6.67 Å². The average molecular weight is 148 g/mol. The van der Waals surface area contributed by atoms with E-state index in [9.17, 15) is 0 Å². The van der Waals surface area contributed by atoms with Crippen molar-refractivity contribution in [2.45, 2.75) is 0 Å². The third-order valence-corrected chi connectivity index (χ3v) is 1.09. The van der Waals surface area contributed by atoms with Crippen molar-refractivity contribution in [3.8, 4) is 0 Å². The zero-order valence-electron chi connectivity index (χ0n) is 3.19. The Hall–Kier alpha value is 0.110. The van der Waals surface area contributed by atoms with Gasteiger partial charge in [-0.2, -0.15) is 0 Å². The number of halogens is 1. The third kappa shape index (κ3) is 0.786. The van der Waals surface area contributed by atoms with Gasteiger partial charge in [0.1, 0.15) is 6.67 Å². The maximum atomic E-state index is 3.91. The molecule has 1 heterocycles. The van der Waals surface area contributed by atoms with Gasteiger partial charge in [0, 0.05) is 0 Å². The zero-order chi connectivity index (χ0) is 4.41. The molecule has 0 fully saturated rings. The summed E-state index contributed by atoms with van der Waals surface area (Å²) in [4.78, 5) is 3.90. The zero-order valence-corrected chi connectivity index (χ0v) is 4.77. The Balaban J connectivity index is 2.45. The highest BCUT2D eigenvalue weighted by Crippen LogP contribution is 1.93. The molecule has 6 heavy (non-hydrogen) atoms. The second-order valence-electron chi connectivity index (χ2n) is 1.06. The van der Waals surface area contributed by atoms with Crippen molar-refractivity contribution >= 4 is 20.6 Å². The molecule has 0 bridgehead atoms. The largest absolute Gasteiger partial charge is 0.264 e. The monoisotopic (exact) mass is 147 g/mol. The molecular weight excluding hydrogens is 144 g/mol. The molecule has 0 N–H and O–H groups in total. The van der Waals surface area contributed by atoms with Crippen LogP contribution in [0.25, 0.3) is 0 Å². The summed E-state index contributed by atoms with van der Waals surface area (Å²) in [7, 11) is 0. The van der Waals surface area contributed by atoms with E-state index in [4.69, 9.17) is 0 Å². The second-order valence-corrected chi connectivity index (χ2v) is 1.97. The number of hydrogen-bond donors (Lipinski definition) is 0. The van der Waals surface area contributed by atoms with Crippen LogP contribution in [0.3, 0.4) is 0 Å². The molecule has 0 spiro atoms. The fraction of sp³-hybridized carbons (Fsp3) is 0.667. The van der Waals surface area contributed by atoms with E-state index in [-0.39, 0.29) is 0 Å². The molecule has 1 radical (unpaired) electrons. The fourth-order valence-electron chi connectivity index (χ4n) is 0.319. The third-order valence-electron chi connectivity index (χ3n) is 0.585. The average Bonchev–Trinajstić information content (AvgIpc) is 1.86. The Bertz CT molecular complexity index is 78.9. The van der Waals surface area contributed by atoms with Crippen LogP contribution in [0.4, 0.5) is 0 Å². The van der Waals surface area contributed by atoms with Gasteiger partial charge in [0.2, 0.25) is 0 Å². The minimum absolute atomic E-state index is 0.653. The molecule has 0 saturated heterocycles. The minimum atomic E-state index is 0.653. The Labute approximate surface area is 44.8 Å². The molecule has 0 aromatic rings. The van der Waals surface area contributed by atoms with E-state index in [1.807, 2.05) is 0 Å². The summed E-state index contributed by atoms with van der Waals surface area (Å²) in [6, 6.07) is 0. The van der Waals surface area contributed by atoms with Gasteiger partial charge >= 0.3 is 0 Å². The number of rotatable bonds is 0. The molecule has 1 rings (SSSR count). The minimum Gasteiger partial charge on any atom is -0.264 e. The Morgan fingerprint density at radius 1 is 1.67 bits per heavy atom. The van der Waals surface area contributed by atoms with Gasteiger partial charge in [-0.25, -0.2) is 5.32 Å². The normalized spacial score (nSPS) is 21.2. The van der Waals surface area contributed by atoms with Gasteiger partial charge in [0.25, 0.3) is 0 Å². The van der Waals surface area contributed by atoms with Crippen LogP contribution in [0.15, 0.2) is 4.99 Å². The van der Waals surface area contributed by atoms with Crippen LogP contribution in [-0.2, 0) is 0 Å². The van der Waals surface area contributed by atoms with Crippen LogP contribution >= 0.6 is 15.9 Å². The fourth-order valence-corrected chi connectivity index (χ4v) is 0.608. The summed E-state index contributed by atoms with van der Waals surface area (Å²) < 4.78 is 0.975. The van der Waals surface area contributed by atoms with Gasteiger partial charge in [-0.15, -0.1) is 0 Å². The van der Waals surface area contributed by atoms with E-state index < -0.39 is 0 Å². The second kappa shape index (κ2) is 1.71. The highest BCUT2D eigenvalue weighted by Gasteiger charge is 1.98. The smallest absolute Gasteiger partial charge is 0.106 e. The molecule has 33 valence electrons. The molecular formula is C3H4BrN2. The highest BCUT2D eigenvalue weighted by molar-refractivity contribution is 9.18. The lowest BCUT2D eigenvalue weighted by Crippen LogP contribution is -1.99. The van der Waals surface area contributed by atoms with Gasteiger partial charge in [0.05, 0.1) is 11.2 Å². The highest BCUT2D eigenvalue weighted by atomic mass is 79.9. The molecule has 0 unspecified atom stereocenters. The quantitative estimate of drug-likeness (QED) is 0.474. The van der Waals surface area contributed by atoms with E-state index >= 15 is 0 Å². The Morgan fingerprint density at radius 3 is 2.67 bits per heavy atom. The first kappa shape index (κ1) is 4.27. The van der Waals surface area contributed by atoms with Crippen molar-refractivity contribution in [3.05, 3.63) is 0 Å². The van der Waals surface area contributed by atoms with Gasteiger partial charge in [-0.3, -0.25) is 4.99 Å². The van der Waals surface area contributed by atoms with Crippen LogP contribution in [0.2, 0.25) is 0 Å². The van der Waals surface area contributed by atoms with E-state index in [2.05, 4.69) is 26.2 Å². The lowest BCUT2D eigenvalue weighted by atomic mass is 10.8. The first-order chi connectivity index (χ1) is 2.89. The standard InChI is InChI=1S/C3H4BrN2/c4-3-1-5-2-6-3/h1-2H2. The molecule has 2 nitrogen and oxygen atoms in total. The lowest BCUT2D eigenvalue weighted by molar-refractivity contribution is 0.832. The predicted molar refractivity (Wildman–Crippen MR) is 28.2 cm³/mol. The van der Waals surface area contributed by atoms with Gasteiger partial charge in [-0.1, -0.05) is 0 Å². The molecule has 0 aromatic carbocycles. The lowest BCUT2D eigenvalue weighted by Gasteiger charge is -1.74. The summed E-state index contributed by atoms with van der Waals surface area (Å²) in [5, 5.41) is 3.91. The molecule has 0 saturated carbocycles. The van der Waals surface area contributed by atoms with Crippen LogP contribution in [0.1, 0.15) is 0 Å². The van der Waals surface area contributed by atoms with Crippen LogP contribution in [-0.4, -0.2) is 17.8 Å². The molecule has 3 heteroatoms. The molecule has 0 aromatic heterocycles. The molecule has 1 aliphatic heterocycles. The summed E-state index contributed by atoms with van der Waals surface area (Å²) >= 11 is 3.19. The number of nitrogens with zero attached hydrogens (tertiary/aromatic N) is 2. The first-order valence-electron chi connectivity index (χ1n) is 1.71. The Kier molecular flexibility index (Phi) is 1.22. The summed E-state index contributed by atoms with van der Waals surface area (Å²) in [5.41, 5.74) is 0. The first-order valence-corrected chi connectivity index (χ1v) is 2.51. The summed E-state index contributed by atoms with van der Waals surface area (Å²) in [6.07, 6.45) is 0. The van der Waals surface area contributed by atoms with Crippen molar-refractivity contribution in [1.82, 2.24) is 5.32 Å². The molecule has 0 amide bonds. The van der Waals surface area contributed by atoms with Crippen LogP contribution in [0, 0.1) is 0 Å². The number of aliphatic imine (C=N–C) groups is 1. The van der Waals surface area contributed by atoms with Crippen LogP contribution < -0.4 is 5.32 Å². The summed E-state index contributed by atoms with van der Waals surface area (Å²) in [5.74, 6) is 0. The molecule has 1 aliphatic rings. The maximum Gasteiger partial charge on any atom is 0.106 e. The molecule has 0 aliphatic carbocycles. The van der Waals surface area contributed by atoms with Crippen molar-refractivity contribution in [2.75, 3.05) is 13.2 Å². The molecule has 0 atom stereocenters. The van der Waals surface area contributed by atoms with Gasteiger partial charge in [-0.05, 0) is 15.9 Å². The van der Waals surface area contributed by atoms with Gasteiger partial charge in [0.15, 0.2) is 0 Å².